The topological polar surface area (TPSA) is 81.1 Å². The van der Waals surface area contributed by atoms with Gasteiger partial charge in [0.1, 0.15) is 17.3 Å². The highest BCUT2D eigenvalue weighted by Crippen LogP contribution is 2.30. The number of nitrogens with one attached hydrogen (secondary N) is 1. The van der Waals surface area contributed by atoms with Crippen molar-refractivity contribution in [1.82, 2.24) is 14.5 Å². The molecule has 3 aromatic carbocycles. The van der Waals surface area contributed by atoms with Crippen molar-refractivity contribution in [1.29, 1.82) is 0 Å². The Hall–Kier alpha value is -3.53. The van der Waals surface area contributed by atoms with E-state index in [0.29, 0.717) is 45.1 Å². The van der Waals surface area contributed by atoms with Crippen molar-refractivity contribution in [2.45, 2.75) is 4.90 Å². The number of hydrogen-bond donors (Lipinski definition) is 1. The van der Waals surface area contributed by atoms with Crippen molar-refractivity contribution < 1.29 is 22.0 Å². The average molecular weight is 534 g/mol. The fraction of sp³-hybridized carbons (Fsp3) is 0. The first-order valence-electron chi connectivity index (χ1n) is 9.94. The fourth-order valence-corrected chi connectivity index (χ4v) is 4.45. The lowest BCUT2D eigenvalue weighted by Crippen LogP contribution is -2.29. The molecule has 0 aliphatic heterocycles. The number of carbonyl (C=O) groups excluding carboxylic acids is 1. The summed E-state index contributed by atoms with van der Waals surface area (Å²) in [6.45, 7) is 0. The zero-order valence-electron chi connectivity index (χ0n) is 17.6. The largest absolute Gasteiger partial charge is 0.269 e. The summed E-state index contributed by atoms with van der Waals surface area (Å²) < 4.78 is 54.9. The predicted octanol–water partition coefficient (Wildman–Crippen LogP) is 5.64. The number of aromatic nitrogens is 2. The summed E-state index contributed by atoms with van der Waals surface area (Å²) in [7, 11) is -4.50. The molecular weight excluding hydrogens is 519 g/mol. The quantitative estimate of drug-likeness (QED) is 0.325. The maximum atomic E-state index is 13.4. The molecule has 0 saturated carbocycles. The Bertz CT molecular complexity index is 1540. The van der Waals surface area contributed by atoms with Gasteiger partial charge in [0.25, 0.3) is 15.9 Å². The highest BCUT2D eigenvalue weighted by atomic mass is 35.5. The van der Waals surface area contributed by atoms with E-state index in [9.17, 15) is 22.0 Å². The first-order valence-corrected chi connectivity index (χ1v) is 12.2. The van der Waals surface area contributed by atoms with Crippen molar-refractivity contribution >= 4 is 45.2 Å². The van der Waals surface area contributed by atoms with Crippen molar-refractivity contribution in [3.8, 4) is 16.9 Å². The first kappa shape index (κ1) is 24.6. The molecular formula is C24H15Cl2F2N3O3S. The molecule has 0 fully saturated rings. The van der Waals surface area contributed by atoms with E-state index in [2.05, 4.69) is 5.10 Å². The standard InChI is InChI=1S/C24H15Cl2F2N3O3S/c25-21-8-6-15(10-22(21)26)24-16(14-31(29-24)19-4-2-1-3-5-19)7-9-23(32)30-35(33,34)20-12-17(27)11-18(28)13-20/h1-14H,(H,30,32)/b9-7-. The second kappa shape index (κ2) is 9.99. The van der Waals surface area contributed by atoms with Gasteiger partial charge in [0, 0.05) is 29.5 Å². The third-order valence-electron chi connectivity index (χ3n) is 4.75. The summed E-state index contributed by atoms with van der Waals surface area (Å²) in [5, 5.41) is 5.23. The summed E-state index contributed by atoms with van der Waals surface area (Å²) in [5.74, 6) is -3.21. The smallest absolute Gasteiger partial charge is 0.264 e. The molecule has 1 N–H and O–H groups in total. The molecule has 6 nitrogen and oxygen atoms in total. The minimum atomic E-state index is -4.50. The SMILES string of the molecule is O=C(/C=C\c1cn(-c2ccccc2)nc1-c1ccc(Cl)c(Cl)c1)NS(=O)(=O)c1cc(F)cc(F)c1. The minimum absolute atomic E-state index is 0.305. The molecule has 4 aromatic rings. The minimum Gasteiger partial charge on any atom is -0.269 e. The van der Waals surface area contributed by atoms with Gasteiger partial charge in [-0.1, -0.05) is 47.5 Å². The zero-order chi connectivity index (χ0) is 25.2. The lowest BCUT2D eigenvalue weighted by atomic mass is 10.1. The van der Waals surface area contributed by atoms with Gasteiger partial charge in [0.05, 0.1) is 20.6 Å². The van der Waals surface area contributed by atoms with Crippen LogP contribution in [0.15, 0.2) is 83.9 Å². The normalized spacial score (nSPS) is 11.7. The Labute approximate surface area is 209 Å². The molecule has 0 atom stereocenters. The molecule has 178 valence electrons. The predicted molar refractivity (Wildman–Crippen MR) is 130 cm³/mol. The van der Waals surface area contributed by atoms with Crippen LogP contribution in [0.2, 0.25) is 10.0 Å². The third kappa shape index (κ3) is 5.76. The molecule has 0 spiro atoms. The molecule has 0 saturated heterocycles. The van der Waals surface area contributed by atoms with Crippen LogP contribution in [0.1, 0.15) is 5.56 Å². The molecule has 1 aromatic heterocycles. The molecule has 35 heavy (non-hydrogen) atoms. The Morgan fingerprint density at radius 2 is 1.63 bits per heavy atom. The fourth-order valence-electron chi connectivity index (χ4n) is 3.16. The highest BCUT2D eigenvalue weighted by molar-refractivity contribution is 7.90. The molecule has 0 bridgehead atoms. The first-order chi connectivity index (χ1) is 16.6. The number of para-hydroxylation sites is 1. The van der Waals surface area contributed by atoms with Gasteiger partial charge in [0.15, 0.2) is 0 Å². The summed E-state index contributed by atoms with van der Waals surface area (Å²) in [6, 6.07) is 15.8. The van der Waals surface area contributed by atoms with E-state index in [4.69, 9.17) is 23.2 Å². The molecule has 0 aliphatic carbocycles. The van der Waals surface area contributed by atoms with Crippen LogP contribution in [0.3, 0.4) is 0 Å². The van der Waals surface area contributed by atoms with E-state index < -0.39 is 32.5 Å². The van der Waals surface area contributed by atoms with Gasteiger partial charge in [-0.3, -0.25) is 4.79 Å². The number of rotatable bonds is 6. The van der Waals surface area contributed by atoms with Crippen LogP contribution in [0.5, 0.6) is 0 Å². The molecule has 0 unspecified atom stereocenters. The van der Waals surface area contributed by atoms with Crippen LogP contribution in [0, 0.1) is 11.6 Å². The zero-order valence-corrected chi connectivity index (χ0v) is 20.0. The molecule has 0 radical (unpaired) electrons. The van der Waals surface area contributed by atoms with Gasteiger partial charge in [-0.15, -0.1) is 0 Å². The molecule has 1 amide bonds. The van der Waals surface area contributed by atoms with Crippen molar-refractivity contribution in [3.63, 3.8) is 0 Å². The van der Waals surface area contributed by atoms with Crippen LogP contribution < -0.4 is 4.72 Å². The van der Waals surface area contributed by atoms with E-state index in [-0.39, 0.29) is 0 Å². The van der Waals surface area contributed by atoms with E-state index >= 15 is 0 Å². The monoisotopic (exact) mass is 533 g/mol. The van der Waals surface area contributed by atoms with Crippen molar-refractivity contribution in [3.05, 3.63) is 106 Å². The summed E-state index contributed by atoms with van der Waals surface area (Å²) in [4.78, 5) is 11.7. The van der Waals surface area contributed by atoms with Crippen LogP contribution >= 0.6 is 23.2 Å². The summed E-state index contributed by atoms with van der Waals surface area (Å²) >= 11 is 12.2. The Morgan fingerprint density at radius 1 is 0.943 bits per heavy atom. The van der Waals surface area contributed by atoms with E-state index in [1.54, 1.807) is 33.8 Å². The van der Waals surface area contributed by atoms with Crippen LogP contribution in [0.25, 0.3) is 23.0 Å². The maximum absolute atomic E-state index is 13.4. The lowest BCUT2D eigenvalue weighted by Gasteiger charge is -2.05. The van der Waals surface area contributed by atoms with Gasteiger partial charge in [-0.05, 0) is 42.5 Å². The number of sulfonamides is 1. The Balaban J connectivity index is 1.66. The number of benzene rings is 3. The van der Waals surface area contributed by atoms with E-state index in [1.807, 2.05) is 30.3 Å². The van der Waals surface area contributed by atoms with Gasteiger partial charge in [-0.25, -0.2) is 26.6 Å². The molecule has 0 aliphatic rings. The van der Waals surface area contributed by atoms with E-state index in [0.717, 1.165) is 11.8 Å². The number of amides is 1. The summed E-state index contributed by atoms with van der Waals surface area (Å²) in [5.41, 5.74) is 2.27. The number of halogens is 4. The maximum Gasteiger partial charge on any atom is 0.264 e. The number of carbonyl (C=O) groups is 1. The van der Waals surface area contributed by atoms with Crippen LogP contribution in [0.4, 0.5) is 8.78 Å². The highest BCUT2D eigenvalue weighted by Gasteiger charge is 2.19. The third-order valence-corrected chi connectivity index (χ3v) is 6.82. The molecule has 4 rings (SSSR count). The molecule has 1 heterocycles. The van der Waals surface area contributed by atoms with Gasteiger partial charge in [0.2, 0.25) is 0 Å². The average Bonchev–Trinajstić information content (AvgIpc) is 3.23. The van der Waals surface area contributed by atoms with Crippen molar-refractivity contribution in [2.24, 2.45) is 0 Å². The molecule has 11 heteroatoms. The number of hydrogen-bond acceptors (Lipinski definition) is 4. The summed E-state index contributed by atoms with van der Waals surface area (Å²) in [6.07, 6.45) is 3.98. The van der Waals surface area contributed by atoms with Crippen molar-refractivity contribution in [2.75, 3.05) is 0 Å². The second-order valence-corrected chi connectivity index (χ2v) is 9.75. The Morgan fingerprint density at radius 3 is 2.29 bits per heavy atom. The van der Waals surface area contributed by atoms with Crippen LogP contribution in [-0.2, 0) is 14.8 Å². The van der Waals surface area contributed by atoms with Crippen LogP contribution in [-0.4, -0.2) is 24.1 Å². The van der Waals surface area contributed by atoms with Gasteiger partial charge < -0.3 is 0 Å². The second-order valence-electron chi connectivity index (χ2n) is 7.25. The van der Waals surface area contributed by atoms with Gasteiger partial charge >= 0.3 is 0 Å². The van der Waals surface area contributed by atoms with E-state index in [1.165, 1.54) is 6.08 Å². The Kier molecular flexibility index (Phi) is 7.02. The lowest BCUT2D eigenvalue weighted by molar-refractivity contribution is -0.114. The van der Waals surface area contributed by atoms with Gasteiger partial charge in [-0.2, -0.15) is 5.10 Å². The number of nitrogens with zero attached hydrogens (tertiary/aromatic N) is 2.